The molecule has 10 heteroatoms. The van der Waals surface area contributed by atoms with E-state index in [0.29, 0.717) is 24.5 Å². The quantitative estimate of drug-likeness (QED) is 0.334. The van der Waals surface area contributed by atoms with E-state index in [1.54, 1.807) is 6.92 Å². The van der Waals surface area contributed by atoms with E-state index in [-0.39, 0.29) is 35.3 Å². The van der Waals surface area contributed by atoms with Gasteiger partial charge in [-0.3, -0.25) is 19.2 Å². The molecule has 0 bridgehead atoms. The summed E-state index contributed by atoms with van der Waals surface area (Å²) in [5.74, 6) is -0.410. The van der Waals surface area contributed by atoms with Gasteiger partial charge in [-0.25, -0.2) is 0 Å². The average Bonchev–Trinajstić information content (AvgIpc) is 3.48. The van der Waals surface area contributed by atoms with E-state index in [2.05, 4.69) is 21.1 Å². The second-order valence-electron chi connectivity index (χ2n) is 11.7. The highest BCUT2D eigenvalue weighted by molar-refractivity contribution is 5.98. The summed E-state index contributed by atoms with van der Waals surface area (Å²) >= 11 is 0. The Kier molecular flexibility index (Phi) is 10.5. The average molecular weight is 533 g/mol. The van der Waals surface area contributed by atoms with Crippen molar-refractivity contribution in [2.24, 2.45) is 17.3 Å². The van der Waals surface area contributed by atoms with Gasteiger partial charge in [0, 0.05) is 18.6 Å². The maximum Gasteiger partial charge on any atom is 0.274 e. The second-order valence-corrected chi connectivity index (χ2v) is 11.7. The number of ketones is 1. The highest BCUT2D eigenvalue weighted by atomic mass is 16.5. The van der Waals surface area contributed by atoms with Crippen molar-refractivity contribution in [2.45, 2.75) is 104 Å². The fourth-order valence-electron chi connectivity index (χ4n) is 5.14. The molecule has 3 rings (SSSR count). The lowest BCUT2D eigenvalue weighted by molar-refractivity contribution is -0.134. The number of carbonyl (C=O) groups is 4. The molecule has 3 amide bonds. The molecule has 1 heterocycles. The number of amides is 3. The Morgan fingerprint density at radius 3 is 2.21 bits per heavy atom. The third-order valence-electron chi connectivity index (χ3n) is 7.68. The predicted molar refractivity (Wildman–Crippen MR) is 141 cm³/mol. The van der Waals surface area contributed by atoms with Gasteiger partial charge in [0.15, 0.2) is 11.5 Å². The van der Waals surface area contributed by atoms with Gasteiger partial charge in [0.25, 0.3) is 5.91 Å². The van der Waals surface area contributed by atoms with E-state index in [0.717, 1.165) is 38.5 Å². The molecule has 10 nitrogen and oxygen atoms in total. The molecule has 0 aliphatic heterocycles. The summed E-state index contributed by atoms with van der Waals surface area (Å²) in [6.07, 6.45) is 8.05. The van der Waals surface area contributed by atoms with Crippen LogP contribution in [-0.4, -0.2) is 60.5 Å². The Labute approximate surface area is 225 Å². The van der Waals surface area contributed by atoms with Crippen LogP contribution in [-0.2, 0) is 19.1 Å². The number of nitrogens with one attached hydrogen (secondary N) is 3. The maximum absolute atomic E-state index is 13.6. The number of rotatable bonds is 14. The lowest BCUT2D eigenvalue weighted by atomic mass is 9.84. The molecule has 0 saturated heterocycles. The number of hydrogen-bond acceptors (Lipinski definition) is 7. The van der Waals surface area contributed by atoms with E-state index < -0.39 is 29.9 Å². The molecule has 0 unspecified atom stereocenters. The van der Waals surface area contributed by atoms with Crippen molar-refractivity contribution in [3.8, 4) is 0 Å². The number of aromatic nitrogens is 1. The number of carbonyl (C=O) groups excluding carboxylic acids is 4. The number of methoxy groups -OCH3 is 1. The first kappa shape index (κ1) is 29.8. The standard InChI is InChI=1S/C28H44N4O6/c1-17(2)13-20(24(33)28(4)11-12-28)29-25(34)21(15-19-9-7-6-8-10-19)30-27(36)23(16-37-5)31-26(35)22-14-18(3)38-32-22/h14,17,19-21,23H,6-13,15-16H2,1-5H3,(H,29,34)(H,30,36)(H,31,35)/t20-,21-,23-/m0/s1. The molecule has 1 aromatic heterocycles. The van der Waals surface area contributed by atoms with Crippen LogP contribution in [0.25, 0.3) is 0 Å². The molecule has 2 fully saturated rings. The number of aryl methyl sites for hydroxylation is 1. The molecule has 212 valence electrons. The van der Waals surface area contributed by atoms with E-state index in [9.17, 15) is 19.2 Å². The predicted octanol–water partition coefficient (Wildman–Crippen LogP) is 3.08. The third kappa shape index (κ3) is 8.38. The van der Waals surface area contributed by atoms with Crippen molar-refractivity contribution < 1.29 is 28.4 Å². The van der Waals surface area contributed by atoms with E-state index in [4.69, 9.17) is 9.26 Å². The van der Waals surface area contributed by atoms with Crippen LogP contribution in [0.3, 0.4) is 0 Å². The van der Waals surface area contributed by atoms with Crippen LogP contribution in [0.4, 0.5) is 0 Å². The van der Waals surface area contributed by atoms with Gasteiger partial charge in [-0.1, -0.05) is 58.0 Å². The van der Waals surface area contributed by atoms with Crippen molar-refractivity contribution in [1.82, 2.24) is 21.1 Å². The summed E-state index contributed by atoms with van der Waals surface area (Å²) in [4.78, 5) is 52.8. The first-order valence-electron chi connectivity index (χ1n) is 13.9. The van der Waals surface area contributed by atoms with Gasteiger partial charge in [0.1, 0.15) is 17.8 Å². The van der Waals surface area contributed by atoms with Gasteiger partial charge in [0.2, 0.25) is 11.8 Å². The fraction of sp³-hybridized carbons (Fsp3) is 0.750. The van der Waals surface area contributed by atoms with Gasteiger partial charge < -0.3 is 25.2 Å². The molecule has 38 heavy (non-hydrogen) atoms. The van der Waals surface area contributed by atoms with Crippen molar-refractivity contribution in [3.63, 3.8) is 0 Å². The Hall–Kier alpha value is -2.75. The zero-order valence-electron chi connectivity index (χ0n) is 23.4. The van der Waals surface area contributed by atoms with Crippen LogP contribution >= 0.6 is 0 Å². The van der Waals surface area contributed by atoms with E-state index >= 15 is 0 Å². The molecule has 2 aliphatic carbocycles. The summed E-state index contributed by atoms with van der Waals surface area (Å²) in [5, 5.41) is 12.2. The molecule has 2 saturated carbocycles. The highest BCUT2D eigenvalue weighted by Crippen LogP contribution is 2.47. The van der Waals surface area contributed by atoms with Crippen LogP contribution in [0.15, 0.2) is 10.6 Å². The van der Waals surface area contributed by atoms with Gasteiger partial charge in [0.05, 0.1) is 12.6 Å². The Balaban J connectivity index is 1.74. The van der Waals surface area contributed by atoms with Crippen molar-refractivity contribution in [1.29, 1.82) is 0 Å². The summed E-state index contributed by atoms with van der Waals surface area (Å²) in [6.45, 7) is 7.58. The molecule has 1 aromatic rings. The molecular formula is C28H44N4O6. The summed E-state index contributed by atoms with van der Waals surface area (Å²) in [6, 6.07) is -0.983. The van der Waals surface area contributed by atoms with Crippen molar-refractivity contribution in [2.75, 3.05) is 13.7 Å². The van der Waals surface area contributed by atoms with Gasteiger partial charge >= 0.3 is 0 Å². The van der Waals surface area contributed by atoms with Crippen LogP contribution < -0.4 is 16.0 Å². The minimum Gasteiger partial charge on any atom is -0.382 e. The highest BCUT2D eigenvalue weighted by Gasteiger charge is 2.48. The summed E-state index contributed by atoms with van der Waals surface area (Å²) in [5.41, 5.74) is -0.320. The normalized spacial score (nSPS) is 19.3. The Morgan fingerprint density at radius 2 is 1.66 bits per heavy atom. The fourth-order valence-corrected chi connectivity index (χ4v) is 5.14. The number of Topliss-reactive ketones (excluding diaryl/α,β-unsaturated/α-hetero) is 1. The molecule has 2 aliphatic rings. The zero-order valence-corrected chi connectivity index (χ0v) is 23.4. The zero-order chi connectivity index (χ0) is 27.9. The van der Waals surface area contributed by atoms with Crippen LogP contribution in [0.5, 0.6) is 0 Å². The van der Waals surface area contributed by atoms with Gasteiger partial charge in [-0.2, -0.15) is 0 Å². The molecule has 3 atom stereocenters. The molecular weight excluding hydrogens is 488 g/mol. The van der Waals surface area contributed by atoms with Gasteiger partial charge in [-0.05, 0) is 44.4 Å². The minimum atomic E-state index is -1.04. The smallest absolute Gasteiger partial charge is 0.274 e. The second kappa shape index (κ2) is 13.4. The summed E-state index contributed by atoms with van der Waals surface area (Å²) in [7, 11) is 1.43. The number of hydrogen-bond donors (Lipinski definition) is 3. The SMILES string of the molecule is COC[C@H](NC(=O)c1cc(C)on1)C(=O)N[C@@H](CC1CCCCC1)C(=O)N[C@@H](CC(C)C)C(=O)C1(C)CC1. The molecule has 0 aromatic carbocycles. The maximum atomic E-state index is 13.6. The minimum absolute atomic E-state index is 0.0523. The van der Waals surface area contributed by atoms with Crippen molar-refractivity contribution in [3.05, 3.63) is 17.5 Å². The summed E-state index contributed by atoms with van der Waals surface area (Å²) < 4.78 is 10.1. The van der Waals surface area contributed by atoms with Crippen LogP contribution in [0.1, 0.15) is 94.8 Å². The lowest BCUT2D eigenvalue weighted by Crippen LogP contribution is -2.57. The lowest BCUT2D eigenvalue weighted by Gasteiger charge is -2.30. The van der Waals surface area contributed by atoms with Crippen LogP contribution in [0, 0.1) is 24.2 Å². The van der Waals surface area contributed by atoms with E-state index in [1.807, 2.05) is 20.8 Å². The van der Waals surface area contributed by atoms with Crippen LogP contribution in [0.2, 0.25) is 0 Å². The Bertz CT molecular complexity index is 980. The first-order chi connectivity index (χ1) is 18.0. The molecule has 0 radical (unpaired) electrons. The van der Waals surface area contributed by atoms with Crippen molar-refractivity contribution >= 4 is 23.5 Å². The third-order valence-corrected chi connectivity index (χ3v) is 7.68. The molecule has 3 N–H and O–H groups in total. The Morgan fingerprint density at radius 1 is 1.03 bits per heavy atom. The van der Waals surface area contributed by atoms with E-state index in [1.165, 1.54) is 19.6 Å². The number of ether oxygens (including phenoxy) is 1. The first-order valence-corrected chi connectivity index (χ1v) is 13.9. The molecule has 0 spiro atoms. The number of nitrogens with zero attached hydrogens (tertiary/aromatic N) is 1. The topological polar surface area (TPSA) is 140 Å². The van der Waals surface area contributed by atoms with Gasteiger partial charge in [-0.15, -0.1) is 0 Å². The largest absolute Gasteiger partial charge is 0.382 e. The monoisotopic (exact) mass is 532 g/mol.